The van der Waals surface area contributed by atoms with Gasteiger partial charge in [0.2, 0.25) is 11.8 Å². The lowest BCUT2D eigenvalue weighted by molar-refractivity contribution is -0.132. The molecule has 1 rings (SSSR count). The molecule has 0 saturated carbocycles. The zero-order valence-electron chi connectivity index (χ0n) is 11.3. The van der Waals surface area contributed by atoms with E-state index >= 15 is 0 Å². The van der Waals surface area contributed by atoms with E-state index < -0.39 is 6.10 Å². The van der Waals surface area contributed by atoms with Crippen molar-refractivity contribution in [2.24, 2.45) is 0 Å². The second-order valence-electron chi connectivity index (χ2n) is 5.08. The van der Waals surface area contributed by atoms with Crippen molar-refractivity contribution >= 4 is 11.8 Å². The first-order valence-corrected chi connectivity index (χ1v) is 6.27. The molecule has 2 unspecified atom stereocenters. The number of rotatable bonds is 5. The lowest BCUT2D eigenvalue weighted by Crippen LogP contribution is -2.42. The molecular formula is C12H23N3O3. The summed E-state index contributed by atoms with van der Waals surface area (Å²) < 4.78 is 0. The molecule has 6 nitrogen and oxygen atoms in total. The molecule has 0 bridgehead atoms. The normalized spacial score (nSPS) is 23.5. The zero-order chi connectivity index (χ0) is 13.7. The van der Waals surface area contributed by atoms with Crippen molar-refractivity contribution in [3.63, 3.8) is 0 Å². The van der Waals surface area contributed by atoms with Gasteiger partial charge in [0, 0.05) is 39.0 Å². The predicted molar refractivity (Wildman–Crippen MR) is 68.0 cm³/mol. The molecule has 0 aromatic rings. The molecule has 6 heteroatoms. The van der Waals surface area contributed by atoms with Crippen LogP contribution in [-0.4, -0.2) is 72.6 Å². The highest BCUT2D eigenvalue weighted by Gasteiger charge is 2.33. The van der Waals surface area contributed by atoms with Crippen LogP contribution in [-0.2, 0) is 9.59 Å². The van der Waals surface area contributed by atoms with Crippen LogP contribution in [0.2, 0.25) is 0 Å². The monoisotopic (exact) mass is 257 g/mol. The average Bonchev–Trinajstić information content (AvgIpc) is 2.57. The number of nitrogens with one attached hydrogen (secondary N) is 1. The first-order valence-electron chi connectivity index (χ1n) is 6.27. The topological polar surface area (TPSA) is 72.9 Å². The molecule has 2 N–H and O–H groups in total. The Hall–Kier alpha value is -1.14. The Morgan fingerprint density at radius 2 is 2.11 bits per heavy atom. The summed E-state index contributed by atoms with van der Waals surface area (Å²) >= 11 is 0. The van der Waals surface area contributed by atoms with E-state index in [0.29, 0.717) is 19.5 Å². The van der Waals surface area contributed by atoms with Crippen molar-refractivity contribution in [1.29, 1.82) is 0 Å². The minimum Gasteiger partial charge on any atom is -0.391 e. The van der Waals surface area contributed by atoms with Crippen molar-refractivity contribution in [1.82, 2.24) is 15.1 Å². The van der Waals surface area contributed by atoms with E-state index in [2.05, 4.69) is 5.32 Å². The summed E-state index contributed by atoms with van der Waals surface area (Å²) in [6, 6.07) is 0.0693. The Morgan fingerprint density at radius 3 is 2.67 bits per heavy atom. The van der Waals surface area contributed by atoms with E-state index in [4.69, 9.17) is 0 Å². The summed E-state index contributed by atoms with van der Waals surface area (Å²) in [5.41, 5.74) is 0. The van der Waals surface area contributed by atoms with Gasteiger partial charge in [-0.2, -0.15) is 0 Å². The van der Waals surface area contributed by atoms with Crippen LogP contribution in [0.1, 0.15) is 19.8 Å². The van der Waals surface area contributed by atoms with E-state index in [1.54, 1.807) is 4.90 Å². The average molecular weight is 257 g/mol. The number of hydrogen-bond acceptors (Lipinski definition) is 4. The Labute approximate surface area is 108 Å². The van der Waals surface area contributed by atoms with Gasteiger partial charge in [-0.1, -0.05) is 0 Å². The number of amides is 2. The Kier molecular flexibility index (Phi) is 5.55. The lowest BCUT2D eigenvalue weighted by Gasteiger charge is -2.26. The van der Waals surface area contributed by atoms with Crippen molar-refractivity contribution in [2.45, 2.75) is 31.9 Å². The fraction of sp³-hybridized carbons (Fsp3) is 0.833. The summed E-state index contributed by atoms with van der Waals surface area (Å²) in [4.78, 5) is 26.5. The van der Waals surface area contributed by atoms with Crippen LogP contribution in [0.4, 0.5) is 0 Å². The van der Waals surface area contributed by atoms with Gasteiger partial charge in [-0.3, -0.25) is 9.59 Å². The van der Waals surface area contributed by atoms with E-state index in [-0.39, 0.29) is 24.3 Å². The molecule has 0 aromatic carbocycles. The summed E-state index contributed by atoms with van der Waals surface area (Å²) in [5.74, 6) is -0.138. The van der Waals surface area contributed by atoms with Crippen molar-refractivity contribution in [3.05, 3.63) is 0 Å². The zero-order valence-corrected chi connectivity index (χ0v) is 11.3. The molecule has 1 aliphatic heterocycles. The summed E-state index contributed by atoms with van der Waals surface area (Å²) in [6.45, 7) is 2.94. The van der Waals surface area contributed by atoms with Gasteiger partial charge in [0.05, 0.1) is 6.10 Å². The molecule has 1 fully saturated rings. The van der Waals surface area contributed by atoms with Gasteiger partial charge in [0.15, 0.2) is 0 Å². The first-order chi connectivity index (χ1) is 8.40. The van der Waals surface area contributed by atoms with Gasteiger partial charge < -0.3 is 20.2 Å². The number of nitrogens with zero attached hydrogens (tertiary/aromatic N) is 2. The quantitative estimate of drug-likeness (QED) is 0.665. The number of likely N-dealkylation sites (tertiary alicyclic amines) is 1. The molecular weight excluding hydrogens is 234 g/mol. The van der Waals surface area contributed by atoms with Crippen molar-refractivity contribution in [2.75, 3.05) is 33.7 Å². The number of carbonyl (C=O) groups excluding carboxylic acids is 2. The van der Waals surface area contributed by atoms with Crippen LogP contribution in [0.3, 0.4) is 0 Å². The Balaban J connectivity index is 2.46. The fourth-order valence-electron chi connectivity index (χ4n) is 2.28. The number of β-amino-alcohol motifs (C(OH)–C–C–N with tert-alkyl or cyclic N) is 1. The molecule has 18 heavy (non-hydrogen) atoms. The second kappa shape index (κ2) is 6.70. The maximum Gasteiger partial charge on any atom is 0.224 e. The molecule has 0 spiro atoms. The van der Waals surface area contributed by atoms with Crippen LogP contribution in [0.25, 0.3) is 0 Å². The van der Waals surface area contributed by atoms with Crippen LogP contribution in [0, 0.1) is 0 Å². The predicted octanol–water partition coefficient (Wildman–Crippen LogP) is -0.964. The third-order valence-corrected chi connectivity index (χ3v) is 3.00. The highest BCUT2D eigenvalue weighted by molar-refractivity contribution is 5.78. The van der Waals surface area contributed by atoms with Crippen molar-refractivity contribution in [3.8, 4) is 0 Å². The molecule has 104 valence electrons. The number of aliphatic hydroxyl groups is 1. The van der Waals surface area contributed by atoms with E-state index in [1.165, 1.54) is 6.92 Å². The molecule has 0 radical (unpaired) electrons. The van der Waals surface area contributed by atoms with E-state index in [9.17, 15) is 14.7 Å². The standard InChI is InChI=1S/C12H23N3O3/c1-9(16)13-5-4-12(18)15-8-11(17)6-10(15)7-14(2)3/h10-11,17H,4-8H2,1-3H3,(H,13,16). The summed E-state index contributed by atoms with van der Waals surface area (Å²) in [6.07, 6.45) is 0.486. The third-order valence-electron chi connectivity index (χ3n) is 3.00. The fourth-order valence-corrected chi connectivity index (χ4v) is 2.28. The van der Waals surface area contributed by atoms with Crippen LogP contribution >= 0.6 is 0 Å². The third kappa shape index (κ3) is 4.62. The van der Waals surface area contributed by atoms with Crippen LogP contribution < -0.4 is 5.32 Å². The maximum absolute atomic E-state index is 12.0. The van der Waals surface area contributed by atoms with Gasteiger partial charge in [0.25, 0.3) is 0 Å². The van der Waals surface area contributed by atoms with Crippen molar-refractivity contribution < 1.29 is 14.7 Å². The molecule has 0 aromatic heterocycles. The van der Waals surface area contributed by atoms with Gasteiger partial charge in [-0.05, 0) is 20.5 Å². The Bertz CT molecular complexity index is 307. The maximum atomic E-state index is 12.0. The van der Waals surface area contributed by atoms with Gasteiger partial charge in [-0.15, -0.1) is 0 Å². The number of aliphatic hydroxyl groups excluding tert-OH is 1. The molecule has 1 heterocycles. The highest BCUT2D eigenvalue weighted by atomic mass is 16.3. The first kappa shape index (κ1) is 14.9. The molecule has 1 saturated heterocycles. The number of hydrogen-bond donors (Lipinski definition) is 2. The highest BCUT2D eigenvalue weighted by Crippen LogP contribution is 2.19. The van der Waals surface area contributed by atoms with Gasteiger partial charge >= 0.3 is 0 Å². The molecule has 0 aliphatic carbocycles. The summed E-state index contributed by atoms with van der Waals surface area (Å²) in [7, 11) is 3.90. The SMILES string of the molecule is CC(=O)NCCC(=O)N1CC(O)CC1CN(C)C. The number of likely N-dealkylation sites (N-methyl/N-ethyl adjacent to an activating group) is 1. The largest absolute Gasteiger partial charge is 0.391 e. The lowest BCUT2D eigenvalue weighted by atomic mass is 10.2. The van der Waals surface area contributed by atoms with E-state index in [1.807, 2.05) is 19.0 Å². The van der Waals surface area contributed by atoms with Crippen LogP contribution in [0.15, 0.2) is 0 Å². The molecule has 2 amide bonds. The van der Waals surface area contributed by atoms with Crippen LogP contribution in [0.5, 0.6) is 0 Å². The van der Waals surface area contributed by atoms with E-state index in [0.717, 1.165) is 6.54 Å². The Morgan fingerprint density at radius 1 is 1.44 bits per heavy atom. The van der Waals surface area contributed by atoms with Gasteiger partial charge in [0.1, 0.15) is 0 Å². The molecule has 2 atom stereocenters. The van der Waals surface area contributed by atoms with Gasteiger partial charge in [-0.25, -0.2) is 0 Å². The second-order valence-corrected chi connectivity index (χ2v) is 5.08. The minimum absolute atomic E-state index is 0.00727. The summed E-state index contributed by atoms with van der Waals surface area (Å²) in [5, 5.41) is 12.3. The minimum atomic E-state index is -0.431. The smallest absolute Gasteiger partial charge is 0.224 e. The number of carbonyl (C=O) groups is 2. The molecule has 1 aliphatic rings.